The Kier molecular flexibility index (Phi) is 2.25. The molecule has 0 saturated carbocycles. The molecule has 0 unspecified atom stereocenters. The third-order valence-electron chi connectivity index (χ3n) is 3.92. The Morgan fingerprint density at radius 3 is 2.56 bits per heavy atom. The quantitative estimate of drug-likeness (QED) is 0.662. The molecule has 0 atom stereocenters. The van der Waals surface area contributed by atoms with Crippen molar-refractivity contribution in [3.05, 3.63) is 47.4 Å². The maximum atomic E-state index is 4.06. The van der Waals surface area contributed by atoms with E-state index in [9.17, 15) is 0 Å². The van der Waals surface area contributed by atoms with Crippen molar-refractivity contribution in [3.8, 4) is 0 Å². The Balaban J connectivity index is 2.28. The lowest BCUT2D eigenvalue weighted by Gasteiger charge is -2.34. The van der Waals surface area contributed by atoms with Crippen molar-refractivity contribution in [2.24, 2.45) is 0 Å². The second-order valence-electron chi connectivity index (χ2n) is 4.69. The molecule has 1 fully saturated rings. The molecule has 0 amide bonds. The molecule has 0 bridgehead atoms. The van der Waals surface area contributed by atoms with Gasteiger partial charge in [-0.1, -0.05) is 30.9 Å². The van der Waals surface area contributed by atoms with Gasteiger partial charge in [0.15, 0.2) is 0 Å². The summed E-state index contributed by atoms with van der Waals surface area (Å²) in [5.41, 5.74) is 2.98. The predicted molar refractivity (Wildman–Crippen MR) is 74.1 cm³/mol. The summed E-state index contributed by atoms with van der Waals surface area (Å²) in [6.07, 6.45) is 4.93. The summed E-state index contributed by atoms with van der Waals surface area (Å²) in [6.45, 7) is 6.33. The van der Waals surface area contributed by atoms with Gasteiger partial charge in [0.25, 0.3) is 0 Å². The molecule has 2 aliphatic rings. The molecule has 3 rings (SSSR count). The second kappa shape index (κ2) is 3.53. The minimum atomic E-state index is -0.664. The van der Waals surface area contributed by atoms with Gasteiger partial charge in [0, 0.05) is 4.90 Å². The van der Waals surface area contributed by atoms with E-state index >= 15 is 0 Å². The van der Waals surface area contributed by atoms with Crippen molar-refractivity contribution in [2.75, 3.05) is 11.5 Å². The van der Waals surface area contributed by atoms with Crippen LogP contribution in [0.4, 0.5) is 0 Å². The standard InChI is InChI=1S/C15H18S/c1-3-14-12(2)13-8-4-5-9-15(13)16(14)10-6-7-11-16/h3-5,8-9H,1,6-7,10-11H2,2H3. The van der Waals surface area contributed by atoms with Gasteiger partial charge in [0.2, 0.25) is 0 Å². The fourth-order valence-corrected chi connectivity index (χ4v) is 7.92. The first kappa shape index (κ1) is 10.2. The minimum Gasteiger partial charge on any atom is -0.187 e. The van der Waals surface area contributed by atoms with Crippen molar-refractivity contribution < 1.29 is 0 Å². The van der Waals surface area contributed by atoms with Gasteiger partial charge in [-0.15, -0.1) is 0 Å². The summed E-state index contributed by atoms with van der Waals surface area (Å²) in [5, 5.41) is 0. The molecule has 16 heavy (non-hydrogen) atoms. The van der Waals surface area contributed by atoms with Crippen LogP contribution in [0.2, 0.25) is 0 Å². The highest BCUT2D eigenvalue weighted by molar-refractivity contribution is 8.37. The van der Waals surface area contributed by atoms with Crippen molar-refractivity contribution in [1.29, 1.82) is 0 Å². The van der Waals surface area contributed by atoms with E-state index in [1.165, 1.54) is 35.5 Å². The van der Waals surface area contributed by atoms with Gasteiger partial charge in [-0.2, -0.15) is 10.0 Å². The summed E-state index contributed by atoms with van der Waals surface area (Å²) < 4.78 is 0. The minimum absolute atomic E-state index is 0.664. The highest BCUT2D eigenvalue weighted by atomic mass is 32.3. The molecule has 84 valence electrons. The molecule has 1 heteroatoms. The fraction of sp³-hybridized carbons (Fsp3) is 0.333. The maximum Gasteiger partial charge on any atom is 0.00168 e. The number of benzene rings is 1. The molecule has 0 aliphatic carbocycles. The Hall–Kier alpha value is -0.950. The van der Waals surface area contributed by atoms with Crippen LogP contribution in [0.15, 0.2) is 46.7 Å². The predicted octanol–water partition coefficient (Wildman–Crippen LogP) is 4.57. The first-order valence-electron chi connectivity index (χ1n) is 6.01. The molecular formula is C15H18S. The van der Waals surface area contributed by atoms with Crippen LogP contribution in [0, 0.1) is 0 Å². The lowest BCUT2D eigenvalue weighted by molar-refractivity contribution is 0.949. The van der Waals surface area contributed by atoms with Crippen LogP contribution in [0.5, 0.6) is 0 Å². The van der Waals surface area contributed by atoms with Crippen LogP contribution >= 0.6 is 10.0 Å². The summed E-state index contributed by atoms with van der Waals surface area (Å²) in [5.74, 6) is 2.78. The number of fused-ring (bicyclic) bond motifs is 2. The third kappa shape index (κ3) is 1.12. The molecule has 2 aliphatic heterocycles. The van der Waals surface area contributed by atoms with E-state index in [1.54, 1.807) is 9.80 Å². The van der Waals surface area contributed by atoms with E-state index < -0.39 is 10.0 Å². The first-order chi connectivity index (χ1) is 7.79. The molecule has 1 aromatic carbocycles. The molecule has 1 saturated heterocycles. The normalized spacial score (nSPS) is 23.6. The van der Waals surface area contributed by atoms with Gasteiger partial charge in [-0.25, -0.2) is 0 Å². The van der Waals surface area contributed by atoms with Crippen LogP contribution in [0.25, 0.3) is 5.57 Å². The van der Waals surface area contributed by atoms with E-state index in [4.69, 9.17) is 0 Å². The first-order valence-corrected chi connectivity index (χ1v) is 7.98. The molecule has 0 aromatic heterocycles. The summed E-state index contributed by atoms with van der Waals surface area (Å²) in [4.78, 5) is 3.21. The lowest BCUT2D eigenvalue weighted by atomic mass is 10.1. The third-order valence-corrected chi connectivity index (χ3v) is 8.41. The zero-order valence-corrected chi connectivity index (χ0v) is 10.6. The molecule has 1 aromatic rings. The lowest BCUT2D eigenvalue weighted by Crippen LogP contribution is -2.01. The van der Waals surface area contributed by atoms with E-state index in [0.717, 1.165) is 0 Å². The summed E-state index contributed by atoms with van der Waals surface area (Å²) >= 11 is 0. The average molecular weight is 230 g/mol. The van der Waals surface area contributed by atoms with Gasteiger partial charge in [-0.3, -0.25) is 0 Å². The number of hydrogen-bond acceptors (Lipinski definition) is 0. The Labute approximate surface area is 99.4 Å². The van der Waals surface area contributed by atoms with E-state index in [0.29, 0.717) is 0 Å². The van der Waals surface area contributed by atoms with Crippen LogP contribution in [0.1, 0.15) is 25.3 Å². The highest BCUT2D eigenvalue weighted by Crippen LogP contribution is 2.72. The topological polar surface area (TPSA) is 0 Å². The zero-order valence-electron chi connectivity index (χ0n) is 9.83. The van der Waals surface area contributed by atoms with Crippen LogP contribution in [-0.2, 0) is 0 Å². The van der Waals surface area contributed by atoms with Crippen molar-refractivity contribution in [1.82, 2.24) is 0 Å². The number of allylic oxidation sites excluding steroid dienone is 2. The Morgan fingerprint density at radius 1 is 1.19 bits per heavy atom. The summed E-state index contributed by atoms with van der Waals surface area (Å²) in [7, 11) is -0.664. The fourth-order valence-electron chi connectivity index (χ4n) is 3.21. The zero-order chi connectivity index (χ0) is 11.2. The van der Waals surface area contributed by atoms with Crippen molar-refractivity contribution in [2.45, 2.75) is 24.7 Å². The largest absolute Gasteiger partial charge is 0.187 e. The van der Waals surface area contributed by atoms with E-state index in [2.05, 4.69) is 43.8 Å². The summed E-state index contributed by atoms with van der Waals surface area (Å²) in [6, 6.07) is 9.01. The SMILES string of the molecule is C=CC1=C(C)c2ccccc2S12CCCC2. The van der Waals surface area contributed by atoms with Gasteiger partial charge < -0.3 is 0 Å². The Bertz CT molecular complexity index is 476. The maximum absolute atomic E-state index is 4.06. The van der Waals surface area contributed by atoms with Crippen molar-refractivity contribution in [3.63, 3.8) is 0 Å². The van der Waals surface area contributed by atoms with Crippen LogP contribution in [-0.4, -0.2) is 11.5 Å². The van der Waals surface area contributed by atoms with E-state index in [-0.39, 0.29) is 0 Å². The molecular weight excluding hydrogens is 212 g/mol. The monoisotopic (exact) mass is 230 g/mol. The number of rotatable bonds is 1. The second-order valence-corrected chi connectivity index (χ2v) is 8.15. The van der Waals surface area contributed by atoms with Crippen LogP contribution in [0.3, 0.4) is 0 Å². The van der Waals surface area contributed by atoms with Gasteiger partial charge >= 0.3 is 0 Å². The smallest absolute Gasteiger partial charge is 0.00168 e. The molecule has 0 nitrogen and oxygen atoms in total. The molecule has 1 spiro atoms. The molecule has 2 heterocycles. The van der Waals surface area contributed by atoms with Crippen LogP contribution < -0.4 is 0 Å². The van der Waals surface area contributed by atoms with Gasteiger partial charge in [0.05, 0.1) is 0 Å². The highest BCUT2D eigenvalue weighted by Gasteiger charge is 2.39. The average Bonchev–Trinajstić information content (AvgIpc) is 2.88. The number of hydrogen-bond donors (Lipinski definition) is 0. The van der Waals surface area contributed by atoms with E-state index in [1.807, 2.05) is 0 Å². The molecule has 0 N–H and O–H groups in total. The van der Waals surface area contributed by atoms with Gasteiger partial charge in [0.1, 0.15) is 0 Å². The molecule has 0 radical (unpaired) electrons. The Morgan fingerprint density at radius 2 is 1.88 bits per heavy atom. The van der Waals surface area contributed by atoms with Crippen molar-refractivity contribution >= 4 is 15.6 Å². The van der Waals surface area contributed by atoms with Gasteiger partial charge in [-0.05, 0) is 53.4 Å².